The molecule has 0 aromatic carbocycles. The van der Waals surface area contributed by atoms with Crippen molar-refractivity contribution in [2.45, 2.75) is 40.2 Å². The first kappa shape index (κ1) is 11.0. The lowest BCUT2D eigenvalue weighted by molar-refractivity contribution is -0.927. The number of rotatable bonds is 5. The fourth-order valence-electron chi connectivity index (χ4n) is 1.21. The fourth-order valence-corrected chi connectivity index (χ4v) is 1.21. The largest absolute Gasteiger partial charge is 0.324 e. The fraction of sp³-hybridized carbons (Fsp3) is 0.900. The minimum absolute atomic E-state index is 0.750. The van der Waals surface area contributed by atoms with Crippen molar-refractivity contribution in [1.82, 2.24) is 0 Å². The van der Waals surface area contributed by atoms with Gasteiger partial charge in [0.15, 0.2) is 0 Å². The van der Waals surface area contributed by atoms with Gasteiger partial charge < -0.3 is 4.48 Å². The molecule has 11 heavy (non-hydrogen) atoms. The minimum Gasteiger partial charge on any atom is -0.324 e. The zero-order valence-corrected chi connectivity index (χ0v) is 8.72. The monoisotopic (exact) mass is 157 g/mol. The van der Waals surface area contributed by atoms with E-state index < -0.39 is 0 Å². The van der Waals surface area contributed by atoms with Crippen molar-refractivity contribution in [2.75, 3.05) is 20.1 Å². The van der Waals surface area contributed by atoms with Crippen molar-refractivity contribution in [3.63, 3.8) is 0 Å². The van der Waals surface area contributed by atoms with Crippen molar-refractivity contribution >= 4 is 0 Å². The van der Waals surface area contributed by atoms with Crippen LogP contribution in [0.1, 0.15) is 34.1 Å². The SMILES string of the molecule is C[CH]CC[N+](C)(CC)C(C)C. The Morgan fingerprint density at radius 2 is 1.91 bits per heavy atom. The molecule has 1 heteroatoms. The lowest BCUT2D eigenvalue weighted by Crippen LogP contribution is -2.49. The second kappa shape index (κ2) is 4.76. The third kappa shape index (κ3) is 3.24. The Hall–Kier alpha value is -0.0400. The molecule has 0 aromatic rings. The topological polar surface area (TPSA) is 0 Å². The molecule has 1 nitrogen and oxygen atoms in total. The first-order valence-electron chi connectivity index (χ1n) is 4.69. The van der Waals surface area contributed by atoms with E-state index in [0.29, 0.717) is 0 Å². The third-order valence-electron chi connectivity index (χ3n) is 2.90. The highest BCUT2D eigenvalue weighted by Crippen LogP contribution is 2.10. The number of quaternary nitrogens is 1. The number of hydrogen-bond donors (Lipinski definition) is 0. The van der Waals surface area contributed by atoms with Crippen molar-refractivity contribution in [2.24, 2.45) is 0 Å². The molecule has 1 radical (unpaired) electrons. The smallest absolute Gasteiger partial charge is 0.0831 e. The molecule has 0 N–H and O–H groups in total. The average molecular weight is 157 g/mol. The molecule has 0 rings (SSSR count). The van der Waals surface area contributed by atoms with Gasteiger partial charge in [-0.25, -0.2) is 0 Å². The summed E-state index contributed by atoms with van der Waals surface area (Å²) in [5.74, 6) is 0. The van der Waals surface area contributed by atoms with Crippen LogP contribution in [-0.4, -0.2) is 30.7 Å². The molecule has 0 aliphatic carbocycles. The van der Waals surface area contributed by atoms with Crippen LogP contribution in [0.2, 0.25) is 0 Å². The summed E-state index contributed by atoms with van der Waals surface area (Å²) in [5.41, 5.74) is 0. The van der Waals surface area contributed by atoms with Crippen LogP contribution in [0.25, 0.3) is 0 Å². The van der Waals surface area contributed by atoms with E-state index in [1.54, 1.807) is 0 Å². The Morgan fingerprint density at radius 1 is 1.36 bits per heavy atom. The molecule has 0 aliphatic heterocycles. The molecule has 0 fully saturated rings. The van der Waals surface area contributed by atoms with E-state index in [2.05, 4.69) is 41.2 Å². The Labute approximate surface area is 72.0 Å². The molecule has 0 heterocycles. The van der Waals surface area contributed by atoms with Gasteiger partial charge in [0.1, 0.15) is 0 Å². The third-order valence-corrected chi connectivity index (χ3v) is 2.90. The van der Waals surface area contributed by atoms with Crippen LogP contribution in [0.3, 0.4) is 0 Å². The highest BCUT2D eigenvalue weighted by Gasteiger charge is 2.21. The van der Waals surface area contributed by atoms with Crippen molar-refractivity contribution < 1.29 is 4.48 Å². The quantitative estimate of drug-likeness (QED) is 0.538. The Bertz CT molecular complexity index is 99.0. The van der Waals surface area contributed by atoms with E-state index in [1.165, 1.54) is 24.0 Å². The summed E-state index contributed by atoms with van der Waals surface area (Å²) in [6.07, 6.45) is 3.50. The summed E-state index contributed by atoms with van der Waals surface area (Å²) in [5, 5.41) is 0. The lowest BCUT2D eigenvalue weighted by Gasteiger charge is -2.37. The molecule has 0 spiro atoms. The number of hydrogen-bond acceptors (Lipinski definition) is 0. The van der Waals surface area contributed by atoms with Gasteiger partial charge in [-0.15, -0.1) is 0 Å². The van der Waals surface area contributed by atoms with Crippen LogP contribution in [0.15, 0.2) is 0 Å². The second-order valence-corrected chi connectivity index (χ2v) is 3.81. The summed E-state index contributed by atoms with van der Waals surface area (Å²) >= 11 is 0. The van der Waals surface area contributed by atoms with Crippen LogP contribution in [0.5, 0.6) is 0 Å². The summed E-state index contributed by atoms with van der Waals surface area (Å²) in [4.78, 5) is 0. The predicted molar refractivity (Wildman–Crippen MR) is 51.3 cm³/mol. The molecule has 1 unspecified atom stereocenters. The van der Waals surface area contributed by atoms with E-state index in [0.717, 1.165) is 6.04 Å². The van der Waals surface area contributed by atoms with Gasteiger partial charge in [-0.1, -0.05) is 6.92 Å². The molecule has 1 atom stereocenters. The summed E-state index contributed by atoms with van der Waals surface area (Å²) < 4.78 is 1.20. The Kier molecular flexibility index (Phi) is 4.74. The Morgan fingerprint density at radius 3 is 2.18 bits per heavy atom. The number of nitrogens with zero attached hydrogens (tertiary/aromatic N) is 1. The molecule has 0 aromatic heterocycles. The molecule has 0 saturated carbocycles. The molecule has 0 aliphatic rings. The molecule has 0 bridgehead atoms. The van der Waals surface area contributed by atoms with E-state index in [-0.39, 0.29) is 0 Å². The van der Waals surface area contributed by atoms with Crippen molar-refractivity contribution in [1.29, 1.82) is 0 Å². The highest BCUT2D eigenvalue weighted by molar-refractivity contribution is 4.55. The van der Waals surface area contributed by atoms with Gasteiger partial charge in [-0.2, -0.15) is 0 Å². The van der Waals surface area contributed by atoms with Crippen LogP contribution >= 0.6 is 0 Å². The van der Waals surface area contributed by atoms with Crippen molar-refractivity contribution in [3.8, 4) is 0 Å². The summed E-state index contributed by atoms with van der Waals surface area (Å²) in [6.45, 7) is 11.5. The van der Waals surface area contributed by atoms with Crippen LogP contribution in [0, 0.1) is 6.42 Å². The second-order valence-electron chi connectivity index (χ2n) is 3.81. The minimum atomic E-state index is 0.750. The van der Waals surface area contributed by atoms with Gasteiger partial charge in [0.05, 0.1) is 26.2 Å². The normalized spacial score (nSPS) is 16.9. The lowest BCUT2D eigenvalue weighted by atomic mass is 10.2. The van der Waals surface area contributed by atoms with Gasteiger partial charge >= 0.3 is 0 Å². The van der Waals surface area contributed by atoms with Crippen LogP contribution in [-0.2, 0) is 0 Å². The Balaban J connectivity index is 3.88. The highest BCUT2D eigenvalue weighted by atomic mass is 15.3. The molecule has 0 amide bonds. The average Bonchev–Trinajstić information content (AvgIpc) is 2.00. The molecular formula is C10H23N+. The van der Waals surface area contributed by atoms with Crippen molar-refractivity contribution in [3.05, 3.63) is 6.42 Å². The van der Waals surface area contributed by atoms with Gasteiger partial charge in [0.25, 0.3) is 0 Å². The maximum atomic E-state index is 2.34. The first-order chi connectivity index (χ1) is 5.06. The molecule has 67 valence electrons. The maximum absolute atomic E-state index is 2.34. The number of unbranched alkanes of at least 4 members (excludes halogenated alkanes) is 1. The van der Waals surface area contributed by atoms with E-state index >= 15 is 0 Å². The molecule has 0 saturated heterocycles. The first-order valence-corrected chi connectivity index (χ1v) is 4.69. The maximum Gasteiger partial charge on any atom is 0.0831 e. The predicted octanol–water partition coefficient (Wildman–Crippen LogP) is 2.48. The summed E-state index contributed by atoms with van der Waals surface area (Å²) in [6, 6.07) is 0.750. The zero-order chi connectivity index (χ0) is 8.91. The van der Waals surface area contributed by atoms with E-state index in [4.69, 9.17) is 0 Å². The van der Waals surface area contributed by atoms with Gasteiger partial charge in [0.2, 0.25) is 0 Å². The van der Waals surface area contributed by atoms with Crippen LogP contribution < -0.4 is 0 Å². The van der Waals surface area contributed by atoms with E-state index in [9.17, 15) is 0 Å². The van der Waals surface area contributed by atoms with Crippen LogP contribution in [0.4, 0.5) is 0 Å². The van der Waals surface area contributed by atoms with Gasteiger partial charge in [0, 0.05) is 0 Å². The molecular weight excluding hydrogens is 134 g/mol. The van der Waals surface area contributed by atoms with Gasteiger partial charge in [-0.05, 0) is 33.6 Å². The van der Waals surface area contributed by atoms with E-state index in [1.807, 2.05) is 0 Å². The van der Waals surface area contributed by atoms with Gasteiger partial charge in [-0.3, -0.25) is 0 Å². The summed E-state index contributed by atoms with van der Waals surface area (Å²) in [7, 11) is 2.34. The zero-order valence-electron chi connectivity index (χ0n) is 8.72. The standard InChI is InChI=1S/C10H23N/c1-6-8-9-11(5,7-2)10(3)4/h6,10H,7-9H2,1-5H3/q+1.